The molecular formula is C14H19BrFN. The first-order valence-corrected chi connectivity index (χ1v) is 7.11. The minimum Gasteiger partial charge on any atom is -0.293 e. The molecule has 2 unspecified atom stereocenters. The fraction of sp³-hybridized carbons (Fsp3) is 0.571. The summed E-state index contributed by atoms with van der Waals surface area (Å²) in [6, 6.07) is 6.55. The summed E-state index contributed by atoms with van der Waals surface area (Å²) in [5.41, 5.74) is 1.05. The van der Waals surface area contributed by atoms with E-state index in [0.29, 0.717) is 16.6 Å². The van der Waals surface area contributed by atoms with Gasteiger partial charge in [0.15, 0.2) is 0 Å². The first-order chi connectivity index (χ1) is 8.13. The van der Waals surface area contributed by atoms with Gasteiger partial charge in [0, 0.05) is 18.6 Å². The van der Waals surface area contributed by atoms with E-state index < -0.39 is 0 Å². The van der Waals surface area contributed by atoms with Crippen LogP contribution in [0.15, 0.2) is 22.7 Å². The van der Waals surface area contributed by atoms with E-state index in [0.717, 1.165) is 12.1 Å². The standard InChI is InChI=1S/C14H19BrFN/c1-3-12-8-7-10(2)17(12)9-11-5-4-6-13(16)14(11)15/h4-6,10,12H,3,7-9H2,1-2H3. The molecule has 2 rings (SSSR count). The van der Waals surface area contributed by atoms with Gasteiger partial charge in [0.25, 0.3) is 0 Å². The molecule has 1 heterocycles. The molecule has 94 valence electrons. The van der Waals surface area contributed by atoms with Gasteiger partial charge in [-0.1, -0.05) is 19.1 Å². The van der Waals surface area contributed by atoms with Crippen LogP contribution in [0.3, 0.4) is 0 Å². The summed E-state index contributed by atoms with van der Waals surface area (Å²) >= 11 is 3.35. The number of hydrogen-bond donors (Lipinski definition) is 0. The second-order valence-electron chi connectivity index (χ2n) is 4.87. The summed E-state index contributed by atoms with van der Waals surface area (Å²) in [4.78, 5) is 2.50. The van der Waals surface area contributed by atoms with E-state index in [4.69, 9.17) is 0 Å². The molecule has 1 aromatic carbocycles. The predicted molar refractivity (Wildman–Crippen MR) is 72.4 cm³/mol. The molecule has 1 aliphatic rings. The van der Waals surface area contributed by atoms with Gasteiger partial charge in [-0.25, -0.2) is 4.39 Å². The van der Waals surface area contributed by atoms with Crippen LogP contribution in [0.5, 0.6) is 0 Å². The lowest BCUT2D eigenvalue weighted by atomic mass is 10.1. The van der Waals surface area contributed by atoms with Crippen molar-refractivity contribution in [2.24, 2.45) is 0 Å². The summed E-state index contributed by atoms with van der Waals surface area (Å²) < 4.78 is 14.1. The van der Waals surface area contributed by atoms with Gasteiger partial charge in [0.2, 0.25) is 0 Å². The Morgan fingerprint density at radius 3 is 2.88 bits per heavy atom. The Balaban J connectivity index is 2.17. The molecule has 2 atom stereocenters. The number of rotatable bonds is 3. The quantitative estimate of drug-likeness (QED) is 0.802. The summed E-state index contributed by atoms with van der Waals surface area (Å²) in [6.45, 7) is 5.34. The number of hydrogen-bond acceptors (Lipinski definition) is 1. The highest BCUT2D eigenvalue weighted by atomic mass is 79.9. The van der Waals surface area contributed by atoms with Crippen molar-refractivity contribution in [3.63, 3.8) is 0 Å². The van der Waals surface area contributed by atoms with E-state index in [2.05, 4.69) is 34.7 Å². The molecule has 1 nitrogen and oxygen atoms in total. The van der Waals surface area contributed by atoms with Crippen LogP contribution in [0, 0.1) is 5.82 Å². The van der Waals surface area contributed by atoms with Crippen molar-refractivity contribution in [1.29, 1.82) is 0 Å². The maximum absolute atomic E-state index is 13.5. The summed E-state index contributed by atoms with van der Waals surface area (Å²) in [5.74, 6) is -0.164. The Morgan fingerprint density at radius 2 is 2.18 bits per heavy atom. The average Bonchev–Trinajstić information content (AvgIpc) is 2.66. The maximum Gasteiger partial charge on any atom is 0.137 e. The van der Waals surface area contributed by atoms with Crippen LogP contribution in [0.1, 0.15) is 38.7 Å². The van der Waals surface area contributed by atoms with Crippen molar-refractivity contribution in [1.82, 2.24) is 4.90 Å². The highest BCUT2D eigenvalue weighted by molar-refractivity contribution is 9.10. The average molecular weight is 300 g/mol. The third-order valence-corrected chi connectivity index (χ3v) is 4.70. The number of likely N-dealkylation sites (tertiary alicyclic amines) is 1. The number of benzene rings is 1. The van der Waals surface area contributed by atoms with E-state index in [1.807, 2.05) is 6.07 Å². The van der Waals surface area contributed by atoms with Crippen LogP contribution in [-0.4, -0.2) is 17.0 Å². The summed E-state index contributed by atoms with van der Waals surface area (Å²) in [6.07, 6.45) is 3.70. The van der Waals surface area contributed by atoms with Crippen molar-refractivity contribution in [2.75, 3.05) is 0 Å². The molecule has 0 saturated carbocycles. The largest absolute Gasteiger partial charge is 0.293 e. The van der Waals surface area contributed by atoms with Crippen molar-refractivity contribution in [2.45, 2.75) is 51.7 Å². The maximum atomic E-state index is 13.5. The van der Waals surface area contributed by atoms with Gasteiger partial charge in [-0.2, -0.15) is 0 Å². The molecule has 1 aliphatic heterocycles. The lowest BCUT2D eigenvalue weighted by Gasteiger charge is -2.28. The minimum absolute atomic E-state index is 0.164. The SMILES string of the molecule is CCC1CCC(C)N1Cc1cccc(F)c1Br. The molecule has 1 fully saturated rings. The van der Waals surface area contributed by atoms with Crippen LogP contribution in [0.2, 0.25) is 0 Å². The molecule has 0 N–H and O–H groups in total. The lowest BCUT2D eigenvalue weighted by Crippen LogP contribution is -2.33. The van der Waals surface area contributed by atoms with E-state index in [1.165, 1.54) is 25.3 Å². The second-order valence-corrected chi connectivity index (χ2v) is 5.67. The first kappa shape index (κ1) is 13.0. The first-order valence-electron chi connectivity index (χ1n) is 6.32. The predicted octanol–water partition coefficient (Wildman–Crippen LogP) is 4.35. The fourth-order valence-electron chi connectivity index (χ4n) is 2.72. The summed E-state index contributed by atoms with van der Waals surface area (Å²) in [7, 11) is 0. The Morgan fingerprint density at radius 1 is 1.41 bits per heavy atom. The molecule has 1 saturated heterocycles. The Hall–Kier alpha value is -0.410. The molecule has 0 bridgehead atoms. The van der Waals surface area contributed by atoms with Crippen LogP contribution in [0.4, 0.5) is 4.39 Å². The molecule has 3 heteroatoms. The topological polar surface area (TPSA) is 3.24 Å². The molecule has 0 aliphatic carbocycles. The summed E-state index contributed by atoms with van der Waals surface area (Å²) in [5, 5.41) is 0. The zero-order chi connectivity index (χ0) is 12.4. The normalized spacial score (nSPS) is 25.4. The van der Waals surface area contributed by atoms with E-state index in [-0.39, 0.29) is 5.82 Å². The van der Waals surface area contributed by atoms with Crippen molar-refractivity contribution in [3.05, 3.63) is 34.1 Å². The van der Waals surface area contributed by atoms with Crippen LogP contribution < -0.4 is 0 Å². The zero-order valence-corrected chi connectivity index (χ0v) is 12.0. The number of halogens is 2. The second kappa shape index (κ2) is 5.49. The highest BCUT2D eigenvalue weighted by Crippen LogP contribution is 2.30. The molecular weight excluding hydrogens is 281 g/mol. The van der Waals surface area contributed by atoms with Gasteiger partial charge in [-0.15, -0.1) is 0 Å². The third kappa shape index (κ3) is 2.71. The van der Waals surface area contributed by atoms with Crippen LogP contribution in [0.25, 0.3) is 0 Å². The van der Waals surface area contributed by atoms with Crippen molar-refractivity contribution >= 4 is 15.9 Å². The Bertz CT molecular complexity index is 394. The van der Waals surface area contributed by atoms with Crippen molar-refractivity contribution in [3.8, 4) is 0 Å². The van der Waals surface area contributed by atoms with Gasteiger partial charge in [-0.3, -0.25) is 4.90 Å². The Labute approximate surface area is 111 Å². The van der Waals surface area contributed by atoms with E-state index >= 15 is 0 Å². The zero-order valence-electron chi connectivity index (χ0n) is 10.4. The van der Waals surface area contributed by atoms with E-state index in [1.54, 1.807) is 6.07 Å². The van der Waals surface area contributed by atoms with Gasteiger partial charge in [0.05, 0.1) is 4.47 Å². The van der Waals surface area contributed by atoms with E-state index in [9.17, 15) is 4.39 Å². The molecule has 0 amide bonds. The van der Waals surface area contributed by atoms with Gasteiger partial charge >= 0.3 is 0 Å². The molecule has 0 radical (unpaired) electrons. The Kier molecular flexibility index (Phi) is 4.21. The smallest absolute Gasteiger partial charge is 0.137 e. The molecule has 17 heavy (non-hydrogen) atoms. The minimum atomic E-state index is -0.164. The molecule has 0 aromatic heterocycles. The lowest BCUT2D eigenvalue weighted by molar-refractivity contribution is 0.189. The molecule has 0 spiro atoms. The number of nitrogens with zero attached hydrogens (tertiary/aromatic N) is 1. The van der Waals surface area contributed by atoms with Crippen LogP contribution in [-0.2, 0) is 6.54 Å². The van der Waals surface area contributed by atoms with Gasteiger partial charge in [0.1, 0.15) is 5.82 Å². The van der Waals surface area contributed by atoms with Gasteiger partial charge in [-0.05, 0) is 53.7 Å². The third-order valence-electron chi connectivity index (χ3n) is 3.81. The monoisotopic (exact) mass is 299 g/mol. The highest BCUT2D eigenvalue weighted by Gasteiger charge is 2.29. The fourth-order valence-corrected chi connectivity index (χ4v) is 3.11. The van der Waals surface area contributed by atoms with Crippen LogP contribution >= 0.6 is 15.9 Å². The molecule has 1 aromatic rings. The van der Waals surface area contributed by atoms with Crippen molar-refractivity contribution < 1.29 is 4.39 Å². The van der Waals surface area contributed by atoms with Gasteiger partial charge < -0.3 is 0 Å².